The molecule has 1 rings (SSSR count). The first-order valence-corrected chi connectivity index (χ1v) is 5.74. The summed E-state index contributed by atoms with van der Waals surface area (Å²) in [5, 5.41) is 0. The van der Waals surface area contributed by atoms with Crippen LogP contribution in [0.4, 0.5) is 0 Å². The first-order valence-electron chi connectivity index (χ1n) is 4.66. The number of rotatable bonds is 4. The van der Waals surface area contributed by atoms with Gasteiger partial charge in [-0.05, 0) is 60.2 Å². The highest BCUT2D eigenvalue weighted by atomic mass is 127. The van der Waals surface area contributed by atoms with E-state index >= 15 is 0 Å². The molecule has 3 nitrogen and oxygen atoms in total. The molecule has 0 aromatic heterocycles. The van der Waals surface area contributed by atoms with E-state index in [2.05, 4.69) is 22.6 Å². The lowest BCUT2D eigenvalue weighted by Gasteiger charge is -2.06. The van der Waals surface area contributed by atoms with Crippen molar-refractivity contribution in [1.82, 2.24) is 0 Å². The van der Waals surface area contributed by atoms with Crippen LogP contribution in [0.1, 0.15) is 22.8 Å². The second kappa shape index (κ2) is 6.07. The van der Waals surface area contributed by atoms with Crippen molar-refractivity contribution in [3.05, 3.63) is 32.9 Å². The summed E-state index contributed by atoms with van der Waals surface area (Å²) in [6.07, 6.45) is 0. The highest BCUT2D eigenvalue weighted by molar-refractivity contribution is 14.1. The molecule has 82 valence electrons. The summed E-state index contributed by atoms with van der Waals surface area (Å²) >= 11 is 2.20. The number of esters is 1. The third-order valence-corrected chi connectivity index (χ3v) is 2.56. The lowest BCUT2D eigenvalue weighted by atomic mass is 10.1. The molecule has 0 spiro atoms. The van der Waals surface area contributed by atoms with Crippen LogP contribution in [-0.4, -0.2) is 19.4 Å². The zero-order chi connectivity index (χ0) is 11.3. The van der Waals surface area contributed by atoms with Gasteiger partial charge in [-0.25, -0.2) is 4.79 Å². The van der Waals surface area contributed by atoms with Crippen LogP contribution in [0, 0.1) is 10.5 Å². The van der Waals surface area contributed by atoms with E-state index in [4.69, 9.17) is 9.47 Å². The summed E-state index contributed by atoms with van der Waals surface area (Å²) in [5.74, 6) is -0.336. The van der Waals surface area contributed by atoms with E-state index in [0.29, 0.717) is 12.2 Å². The van der Waals surface area contributed by atoms with Crippen molar-refractivity contribution < 1.29 is 14.3 Å². The Labute approximate surface area is 103 Å². The van der Waals surface area contributed by atoms with Crippen molar-refractivity contribution in [3.8, 4) is 0 Å². The molecule has 0 aliphatic heterocycles. The minimum Gasteiger partial charge on any atom is -0.435 e. The van der Waals surface area contributed by atoms with E-state index in [0.717, 1.165) is 9.13 Å². The molecule has 1 aromatic carbocycles. The second-order valence-electron chi connectivity index (χ2n) is 3.00. The number of hydrogen-bond acceptors (Lipinski definition) is 3. The molecular formula is C11H13IO3. The Balaban J connectivity index is 2.65. The Morgan fingerprint density at radius 2 is 2.20 bits per heavy atom. The molecule has 0 unspecified atom stereocenters. The van der Waals surface area contributed by atoms with Gasteiger partial charge in [-0.2, -0.15) is 0 Å². The first kappa shape index (κ1) is 12.4. The molecule has 15 heavy (non-hydrogen) atoms. The van der Waals surface area contributed by atoms with Gasteiger partial charge in [-0.3, -0.25) is 0 Å². The molecule has 0 radical (unpaired) electrons. The fraction of sp³-hybridized carbons (Fsp3) is 0.364. The average molecular weight is 320 g/mol. The van der Waals surface area contributed by atoms with E-state index in [1.54, 1.807) is 6.07 Å². The van der Waals surface area contributed by atoms with Gasteiger partial charge in [-0.1, -0.05) is 0 Å². The Morgan fingerprint density at radius 3 is 2.80 bits per heavy atom. The molecule has 0 aliphatic carbocycles. The Hall–Kier alpha value is -0.620. The topological polar surface area (TPSA) is 35.5 Å². The summed E-state index contributed by atoms with van der Waals surface area (Å²) in [4.78, 5) is 11.5. The molecule has 0 amide bonds. The lowest BCUT2D eigenvalue weighted by molar-refractivity contribution is -0.0275. The van der Waals surface area contributed by atoms with Crippen LogP contribution in [0.3, 0.4) is 0 Å². The van der Waals surface area contributed by atoms with Crippen LogP contribution in [0.5, 0.6) is 0 Å². The van der Waals surface area contributed by atoms with Crippen molar-refractivity contribution in [3.63, 3.8) is 0 Å². The summed E-state index contributed by atoms with van der Waals surface area (Å²) in [5.41, 5.74) is 1.51. The Bertz CT molecular complexity index is 350. The standard InChI is InChI=1S/C11H13IO3/c1-3-14-7-15-11(13)10-5-4-9(12)6-8(10)2/h4-6H,3,7H2,1-2H3. The monoisotopic (exact) mass is 320 g/mol. The average Bonchev–Trinajstić information content (AvgIpc) is 2.17. The smallest absolute Gasteiger partial charge is 0.340 e. The van der Waals surface area contributed by atoms with Crippen molar-refractivity contribution in [2.75, 3.05) is 13.4 Å². The molecule has 0 fully saturated rings. The quantitative estimate of drug-likeness (QED) is 0.370. The number of halogens is 1. The molecule has 0 bridgehead atoms. The number of aryl methyl sites for hydroxylation is 1. The molecule has 0 saturated carbocycles. The Morgan fingerprint density at radius 1 is 1.47 bits per heavy atom. The third-order valence-electron chi connectivity index (χ3n) is 1.89. The maximum Gasteiger partial charge on any atom is 0.340 e. The maximum absolute atomic E-state index is 11.5. The first-order chi connectivity index (χ1) is 7.15. The van der Waals surface area contributed by atoms with Crippen molar-refractivity contribution in [1.29, 1.82) is 0 Å². The number of ether oxygens (including phenoxy) is 2. The van der Waals surface area contributed by atoms with E-state index in [1.165, 1.54) is 0 Å². The van der Waals surface area contributed by atoms with Crippen LogP contribution in [0.2, 0.25) is 0 Å². The van der Waals surface area contributed by atoms with Gasteiger partial charge < -0.3 is 9.47 Å². The van der Waals surface area contributed by atoms with Crippen molar-refractivity contribution >= 4 is 28.6 Å². The van der Waals surface area contributed by atoms with Gasteiger partial charge in [0, 0.05) is 10.2 Å². The molecule has 1 aromatic rings. The predicted molar refractivity (Wildman–Crippen MR) is 65.8 cm³/mol. The van der Waals surface area contributed by atoms with Crippen molar-refractivity contribution in [2.45, 2.75) is 13.8 Å². The Kier molecular flexibility index (Phi) is 5.04. The van der Waals surface area contributed by atoms with Crippen molar-refractivity contribution in [2.24, 2.45) is 0 Å². The zero-order valence-electron chi connectivity index (χ0n) is 8.75. The maximum atomic E-state index is 11.5. The SMILES string of the molecule is CCOCOC(=O)c1ccc(I)cc1C. The molecule has 0 N–H and O–H groups in total. The van der Waals surface area contributed by atoms with Crippen LogP contribution >= 0.6 is 22.6 Å². The molecule has 0 aliphatic rings. The summed E-state index contributed by atoms with van der Waals surface area (Å²) in [6.45, 7) is 4.29. The van der Waals surface area contributed by atoms with Gasteiger partial charge in [0.15, 0.2) is 6.79 Å². The van der Waals surface area contributed by atoms with E-state index in [-0.39, 0.29) is 12.8 Å². The lowest BCUT2D eigenvalue weighted by Crippen LogP contribution is -2.10. The van der Waals surface area contributed by atoms with Crippen LogP contribution < -0.4 is 0 Å². The predicted octanol–water partition coefficient (Wildman–Crippen LogP) is 2.75. The zero-order valence-corrected chi connectivity index (χ0v) is 10.9. The van der Waals surface area contributed by atoms with E-state index in [1.807, 2.05) is 26.0 Å². The van der Waals surface area contributed by atoms with E-state index < -0.39 is 0 Å². The largest absolute Gasteiger partial charge is 0.435 e. The summed E-state index contributed by atoms with van der Waals surface area (Å²) in [6, 6.07) is 5.59. The highest BCUT2D eigenvalue weighted by Gasteiger charge is 2.09. The molecular weight excluding hydrogens is 307 g/mol. The molecule has 0 atom stereocenters. The summed E-state index contributed by atoms with van der Waals surface area (Å²) < 4.78 is 11.0. The van der Waals surface area contributed by atoms with Crippen LogP contribution in [-0.2, 0) is 9.47 Å². The van der Waals surface area contributed by atoms with Gasteiger partial charge in [0.2, 0.25) is 0 Å². The normalized spacial score (nSPS) is 10.1. The van der Waals surface area contributed by atoms with Gasteiger partial charge in [-0.15, -0.1) is 0 Å². The van der Waals surface area contributed by atoms with Crippen LogP contribution in [0.25, 0.3) is 0 Å². The minimum atomic E-state index is -0.336. The van der Waals surface area contributed by atoms with E-state index in [9.17, 15) is 4.79 Å². The third kappa shape index (κ3) is 3.79. The number of benzene rings is 1. The number of carbonyl (C=O) groups excluding carboxylic acids is 1. The summed E-state index contributed by atoms with van der Waals surface area (Å²) in [7, 11) is 0. The van der Waals surface area contributed by atoms with Gasteiger partial charge in [0.25, 0.3) is 0 Å². The van der Waals surface area contributed by atoms with Gasteiger partial charge >= 0.3 is 5.97 Å². The van der Waals surface area contributed by atoms with Gasteiger partial charge in [0.1, 0.15) is 0 Å². The molecule has 0 heterocycles. The fourth-order valence-electron chi connectivity index (χ4n) is 1.11. The number of hydrogen-bond donors (Lipinski definition) is 0. The van der Waals surface area contributed by atoms with Gasteiger partial charge in [0.05, 0.1) is 5.56 Å². The molecule has 0 saturated heterocycles. The number of carbonyl (C=O) groups is 1. The molecule has 4 heteroatoms. The van der Waals surface area contributed by atoms with Crippen LogP contribution in [0.15, 0.2) is 18.2 Å². The highest BCUT2D eigenvalue weighted by Crippen LogP contribution is 2.13. The minimum absolute atomic E-state index is 0.0146. The second-order valence-corrected chi connectivity index (χ2v) is 4.25. The fourth-order valence-corrected chi connectivity index (χ4v) is 1.76.